The zero-order valence-electron chi connectivity index (χ0n) is 13.0. The van der Waals surface area contributed by atoms with Crippen LogP contribution in [0, 0.1) is 12.8 Å². The average molecular weight is 278 g/mol. The Bertz CT molecular complexity index is 434. The normalized spacial score (nSPS) is 16.4. The van der Waals surface area contributed by atoms with E-state index >= 15 is 0 Å². The topological polar surface area (TPSA) is 50.3 Å². The third-order valence-electron chi connectivity index (χ3n) is 3.96. The first-order chi connectivity index (χ1) is 9.63. The number of rotatable bonds is 8. The number of nitrogens with one attached hydrogen (secondary N) is 1. The highest BCUT2D eigenvalue weighted by Gasteiger charge is 2.32. The maximum absolute atomic E-state index is 5.23. The lowest BCUT2D eigenvalue weighted by atomic mass is 10.2. The van der Waals surface area contributed by atoms with Gasteiger partial charge in [0.15, 0.2) is 0 Å². The first-order valence-electron chi connectivity index (χ1n) is 7.39. The predicted molar refractivity (Wildman–Crippen MR) is 80.8 cm³/mol. The van der Waals surface area contributed by atoms with Crippen LogP contribution >= 0.6 is 0 Å². The van der Waals surface area contributed by atoms with Crippen LogP contribution in [0.5, 0.6) is 0 Å². The molecule has 0 aromatic carbocycles. The van der Waals surface area contributed by atoms with Crippen molar-refractivity contribution in [2.75, 3.05) is 32.6 Å². The van der Waals surface area contributed by atoms with Crippen LogP contribution in [-0.4, -0.2) is 48.2 Å². The summed E-state index contributed by atoms with van der Waals surface area (Å²) in [5, 5.41) is 3.09. The van der Waals surface area contributed by atoms with Gasteiger partial charge in [0.2, 0.25) is 0 Å². The van der Waals surface area contributed by atoms with E-state index in [1.54, 1.807) is 7.11 Å². The molecule has 1 fully saturated rings. The largest absolute Gasteiger partial charge is 0.383 e. The molecular weight excluding hydrogens is 252 g/mol. The Morgan fingerprint density at radius 1 is 1.45 bits per heavy atom. The van der Waals surface area contributed by atoms with Crippen molar-refractivity contribution in [1.29, 1.82) is 0 Å². The monoisotopic (exact) mass is 278 g/mol. The Kier molecular flexibility index (Phi) is 5.31. The van der Waals surface area contributed by atoms with Gasteiger partial charge in [0.25, 0.3) is 0 Å². The smallest absolute Gasteiger partial charge is 0.144 e. The minimum Gasteiger partial charge on any atom is -0.383 e. The van der Waals surface area contributed by atoms with Gasteiger partial charge >= 0.3 is 0 Å². The van der Waals surface area contributed by atoms with Crippen molar-refractivity contribution in [3.63, 3.8) is 0 Å². The van der Waals surface area contributed by atoms with Gasteiger partial charge in [-0.25, -0.2) is 9.97 Å². The van der Waals surface area contributed by atoms with Crippen molar-refractivity contribution in [3.05, 3.63) is 17.6 Å². The van der Waals surface area contributed by atoms with E-state index in [0.29, 0.717) is 6.04 Å². The molecule has 1 atom stereocenters. The Balaban J connectivity index is 2.07. The standard InChI is InChI=1S/C15H26N4O/c1-11-9-14(16-3)18-15(17-11)10-19(7-8-20-4)12(2)13-5-6-13/h9,12-13H,5-8,10H2,1-4H3,(H,16,17,18). The molecule has 5 nitrogen and oxygen atoms in total. The molecule has 1 heterocycles. The number of hydrogen-bond acceptors (Lipinski definition) is 5. The molecule has 20 heavy (non-hydrogen) atoms. The quantitative estimate of drug-likeness (QED) is 0.789. The molecule has 1 N–H and O–H groups in total. The van der Waals surface area contributed by atoms with E-state index in [1.807, 2.05) is 20.0 Å². The second-order valence-electron chi connectivity index (χ2n) is 5.60. The molecule has 0 bridgehead atoms. The molecule has 0 aliphatic heterocycles. The van der Waals surface area contributed by atoms with E-state index < -0.39 is 0 Å². The summed E-state index contributed by atoms with van der Waals surface area (Å²) in [5.74, 6) is 2.61. The first kappa shape index (κ1) is 15.2. The highest BCUT2D eigenvalue weighted by molar-refractivity contribution is 5.34. The van der Waals surface area contributed by atoms with E-state index in [9.17, 15) is 0 Å². The maximum Gasteiger partial charge on any atom is 0.144 e. The third kappa shape index (κ3) is 4.15. The van der Waals surface area contributed by atoms with Gasteiger partial charge in [0.1, 0.15) is 11.6 Å². The molecule has 2 rings (SSSR count). The Hall–Kier alpha value is -1.20. The summed E-state index contributed by atoms with van der Waals surface area (Å²) in [5.41, 5.74) is 1.00. The molecule has 1 aliphatic carbocycles. The second-order valence-corrected chi connectivity index (χ2v) is 5.60. The number of aryl methyl sites for hydroxylation is 1. The molecule has 112 valence electrons. The van der Waals surface area contributed by atoms with E-state index in [0.717, 1.165) is 43.0 Å². The number of methoxy groups -OCH3 is 1. The van der Waals surface area contributed by atoms with Gasteiger partial charge in [0, 0.05) is 38.5 Å². The van der Waals surface area contributed by atoms with Crippen LogP contribution in [-0.2, 0) is 11.3 Å². The van der Waals surface area contributed by atoms with Crippen molar-refractivity contribution >= 4 is 5.82 Å². The molecule has 1 aliphatic rings. The van der Waals surface area contributed by atoms with E-state index in [1.165, 1.54) is 12.8 Å². The molecule has 0 amide bonds. The highest BCUT2D eigenvalue weighted by atomic mass is 16.5. The van der Waals surface area contributed by atoms with Crippen molar-refractivity contribution in [2.45, 2.75) is 39.3 Å². The average Bonchev–Trinajstić information content (AvgIpc) is 3.26. The zero-order valence-corrected chi connectivity index (χ0v) is 13.0. The highest BCUT2D eigenvalue weighted by Crippen LogP contribution is 2.35. The molecule has 5 heteroatoms. The fraction of sp³-hybridized carbons (Fsp3) is 0.733. The summed E-state index contributed by atoms with van der Waals surface area (Å²) >= 11 is 0. The predicted octanol–water partition coefficient (Wildman–Crippen LogP) is 2.07. The minimum absolute atomic E-state index is 0.576. The number of nitrogens with zero attached hydrogens (tertiary/aromatic N) is 3. The summed E-state index contributed by atoms with van der Waals surface area (Å²) in [4.78, 5) is 11.6. The van der Waals surface area contributed by atoms with Gasteiger partial charge < -0.3 is 10.1 Å². The van der Waals surface area contributed by atoms with Crippen LogP contribution in [0.4, 0.5) is 5.82 Å². The Morgan fingerprint density at radius 2 is 2.20 bits per heavy atom. The zero-order chi connectivity index (χ0) is 14.5. The van der Waals surface area contributed by atoms with Gasteiger partial charge in [-0.2, -0.15) is 0 Å². The van der Waals surface area contributed by atoms with E-state index in [2.05, 4.69) is 27.1 Å². The van der Waals surface area contributed by atoms with Crippen LogP contribution in [0.15, 0.2) is 6.07 Å². The van der Waals surface area contributed by atoms with E-state index in [-0.39, 0.29) is 0 Å². The van der Waals surface area contributed by atoms with Gasteiger partial charge in [-0.15, -0.1) is 0 Å². The van der Waals surface area contributed by atoms with Crippen LogP contribution in [0.3, 0.4) is 0 Å². The van der Waals surface area contributed by atoms with Crippen LogP contribution in [0.25, 0.3) is 0 Å². The summed E-state index contributed by atoms with van der Waals surface area (Å²) in [7, 11) is 3.64. The lowest BCUT2D eigenvalue weighted by Gasteiger charge is -2.28. The summed E-state index contributed by atoms with van der Waals surface area (Å²) in [6, 6.07) is 2.54. The van der Waals surface area contributed by atoms with Gasteiger partial charge in [0.05, 0.1) is 13.2 Å². The van der Waals surface area contributed by atoms with Gasteiger partial charge in [-0.1, -0.05) is 0 Å². The fourth-order valence-electron chi connectivity index (χ4n) is 2.52. The van der Waals surface area contributed by atoms with Crippen LogP contribution in [0.1, 0.15) is 31.3 Å². The lowest BCUT2D eigenvalue weighted by molar-refractivity contribution is 0.109. The molecule has 1 aromatic heterocycles. The minimum atomic E-state index is 0.576. The van der Waals surface area contributed by atoms with E-state index in [4.69, 9.17) is 4.74 Å². The molecular formula is C15H26N4O. The number of anilines is 1. The second kappa shape index (κ2) is 6.99. The maximum atomic E-state index is 5.23. The first-order valence-corrected chi connectivity index (χ1v) is 7.39. The number of ether oxygens (including phenoxy) is 1. The molecule has 0 radical (unpaired) electrons. The molecule has 1 saturated carbocycles. The van der Waals surface area contributed by atoms with Crippen molar-refractivity contribution < 1.29 is 4.74 Å². The summed E-state index contributed by atoms with van der Waals surface area (Å²) in [6.07, 6.45) is 2.70. The molecule has 0 spiro atoms. The molecule has 1 unspecified atom stereocenters. The Labute approximate surface area is 121 Å². The SMILES string of the molecule is CNc1cc(C)nc(CN(CCOC)C(C)C2CC2)n1. The van der Waals surface area contributed by atoms with Crippen molar-refractivity contribution in [3.8, 4) is 0 Å². The van der Waals surface area contributed by atoms with Gasteiger partial charge in [-0.3, -0.25) is 4.90 Å². The molecule has 0 saturated heterocycles. The number of hydrogen-bond donors (Lipinski definition) is 1. The number of aromatic nitrogens is 2. The van der Waals surface area contributed by atoms with Gasteiger partial charge in [-0.05, 0) is 32.6 Å². The van der Waals surface area contributed by atoms with Crippen molar-refractivity contribution in [1.82, 2.24) is 14.9 Å². The fourth-order valence-corrected chi connectivity index (χ4v) is 2.52. The molecule has 1 aromatic rings. The third-order valence-corrected chi connectivity index (χ3v) is 3.96. The van der Waals surface area contributed by atoms with Crippen LogP contribution < -0.4 is 5.32 Å². The lowest BCUT2D eigenvalue weighted by Crippen LogP contribution is -2.37. The Morgan fingerprint density at radius 3 is 2.80 bits per heavy atom. The van der Waals surface area contributed by atoms with Crippen molar-refractivity contribution in [2.24, 2.45) is 5.92 Å². The summed E-state index contributed by atoms with van der Waals surface area (Å²) in [6.45, 7) is 6.79. The summed E-state index contributed by atoms with van der Waals surface area (Å²) < 4.78 is 5.23. The van der Waals surface area contributed by atoms with Crippen LogP contribution in [0.2, 0.25) is 0 Å².